The van der Waals surface area contributed by atoms with Crippen molar-refractivity contribution in [3.8, 4) is 5.75 Å². The molecular formula is C7H3ClF3NO5S. The third-order valence-corrected chi connectivity index (χ3v) is 2.99. The molecule has 0 amide bonds. The highest BCUT2D eigenvalue weighted by Gasteiger charge is 2.35. The van der Waals surface area contributed by atoms with Gasteiger partial charge in [-0.05, 0) is 6.07 Å². The number of ether oxygens (including phenoxy) is 1. The van der Waals surface area contributed by atoms with Gasteiger partial charge in [0.1, 0.15) is 0 Å². The first kappa shape index (κ1) is 14.5. The molecule has 1 rings (SSSR count). The third kappa shape index (κ3) is 3.74. The zero-order valence-corrected chi connectivity index (χ0v) is 9.71. The van der Waals surface area contributed by atoms with Gasteiger partial charge >= 0.3 is 12.0 Å². The molecule has 0 aliphatic carbocycles. The van der Waals surface area contributed by atoms with Crippen LogP contribution in [-0.2, 0) is 9.05 Å². The quantitative estimate of drug-likeness (QED) is 0.486. The van der Waals surface area contributed by atoms with E-state index in [0.29, 0.717) is 18.2 Å². The van der Waals surface area contributed by atoms with Crippen LogP contribution in [0.1, 0.15) is 0 Å². The number of benzene rings is 1. The molecule has 6 nitrogen and oxygen atoms in total. The lowest BCUT2D eigenvalue weighted by Gasteiger charge is -2.09. The highest BCUT2D eigenvalue weighted by atomic mass is 35.7. The molecule has 0 saturated heterocycles. The number of nitrogens with zero attached hydrogens (tertiary/aromatic N) is 1. The maximum atomic E-state index is 12.0. The van der Waals surface area contributed by atoms with Crippen molar-refractivity contribution in [3.05, 3.63) is 28.3 Å². The van der Waals surface area contributed by atoms with E-state index in [0.717, 1.165) is 0 Å². The number of hydrogen-bond acceptors (Lipinski definition) is 5. The van der Waals surface area contributed by atoms with Gasteiger partial charge in [0.05, 0.1) is 9.82 Å². The number of halogens is 4. The molecule has 0 N–H and O–H groups in total. The van der Waals surface area contributed by atoms with Crippen molar-refractivity contribution in [2.45, 2.75) is 11.3 Å². The van der Waals surface area contributed by atoms with Gasteiger partial charge in [-0.15, -0.1) is 13.2 Å². The first-order valence-electron chi connectivity index (χ1n) is 3.99. The zero-order chi connectivity index (χ0) is 14.1. The average molecular weight is 306 g/mol. The summed E-state index contributed by atoms with van der Waals surface area (Å²) in [6.45, 7) is 0. The van der Waals surface area contributed by atoms with E-state index in [4.69, 9.17) is 10.7 Å². The minimum atomic E-state index is -5.19. The van der Waals surface area contributed by atoms with Crippen LogP contribution in [-0.4, -0.2) is 19.7 Å². The fourth-order valence-electron chi connectivity index (χ4n) is 1.00. The molecule has 0 aromatic heterocycles. The van der Waals surface area contributed by atoms with Crippen molar-refractivity contribution in [1.82, 2.24) is 0 Å². The Kier molecular flexibility index (Phi) is 3.72. The summed E-state index contributed by atoms with van der Waals surface area (Å²) in [4.78, 5) is 8.56. The van der Waals surface area contributed by atoms with E-state index in [1.807, 2.05) is 0 Å². The van der Waals surface area contributed by atoms with Gasteiger partial charge < -0.3 is 4.74 Å². The number of nitro benzene ring substituents is 1. The van der Waals surface area contributed by atoms with Gasteiger partial charge in [-0.2, -0.15) is 0 Å². The van der Waals surface area contributed by atoms with E-state index in [-0.39, 0.29) is 0 Å². The Morgan fingerprint density at radius 2 is 1.89 bits per heavy atom. The Hall–Kier alpha value is -1.55. The molecule has 1 aromatic rings. The minimum Gasteiger partial charge on any atom is -0.398 e. The number of nitro groups is 1. The molecule has 0 radical (unpaired) electrons. The molecule has 0 fully saturated rings. The molecular weight excluding hydrogens is 303 g/mol. The van der Waals surface area contributed by atoms with Crippen LogP contribution < -0.4 is 4.74 Å². The standard InChI is InChI=1S/C7H3ClF3NO5S/c8-18(15,16)4-1-2-5(12(13)14)6(3-4)17-7(9,10)11/h1-3H. The van der Waals surface area contributed by atoms with E-state index in [1.54, 1.807) is 0 Å². The molecule has 11 heteroatoms. The molecule has 100 valence electrons. The summed E-state index contributed by atoms with van der Waals surface area (Å²) in [5, 5.41) is 10.4. The summed E-state index contributed by atoms with van der Waals surface area (Å²) in [5.74, 6) is -1.26. The van der Waals surface area contributed by atoms with E-state index < -0.39 is 36.7 Å². The Morgan fingerprint density at radius 3 is 2.28 bits per heavy atom. The Morgan fingerprint density at radius 1 is 1.33 bits per heavy atom. The van der Waals surface area contributed by atoms with Gasteiger partial charge in [-0.1, -0.05) is 0 Å². The molecule has 0 aliphatic rings. The summed E-state index contributed by atoms with van der Waals surface area (Å²) in [5.41, 5.74) is -1.03. The molecule has 0 spiro atoms. The lowest BCUT2D eigenvalue weighted by Crippen LogP contribution is -2.18. The van der Waals surface area contributed by atoms with E-state index in [9.17, 15) is 31.7 Å². The van der Waals surface area contributed by atoms with Crippen molar-refractivity contribution in [3.63, 3.8) is 0 Å². The molecule has 0 atom stereocenters. The fraction of sp³-hybridized carbons (Fsp3) is 0.143. The molecule has 18 heavy (non-hydrogen) atoms. The molecule has 0 heterocycles. The summed E-state index contributed by atoms with van der Waals surface area (Å²) in [6, 6.07) is 1.58. The highest BCUT2D eigenvalue weighted by molar-refractivity contribution is 8.13. The first-order chi connectivity index (χ1) is 8.00. The summed E-state index contributed by atoms with van der Waals surface area (Å²) in [7, 11) is 0.578. The van der Waals surface area contributed by atoms with Crippen molar-refractivity contribution in [2.75, 3.05) is 0 Å². The van der Waals surface area contributed by atoms with Crippen LogP contribution in [0.15, 0.2) is 23.1 Å². The Labute approximate surface area is 102 Å². The Bertz CT molecular complexity index is 585. The van der Waals surface area contributed by atoms with Gasteiger partial charge in [0.2, 0.25) is 5.75 Å². The monoisotopic (exact) mass is 305 g/mol. The second kappa shape index (κ2) is 4.61. The van der Waals surface area contributed by atoms with Crippen LogP contribution in [0.2, 0.25) is 0 Å². The minimum absolute atomic E-state index is 0.327. The SMILES string of the molecule is O=[N+]([O-])c1ccc(S(=O)(=O)Cl)cc1OC(F)(F)F. The van der Waals surface area contributed by atoms with Crippen molar-refractivity contribution in [1.29, 1.82) is 0 Å². The largest absolute Gasteiger partial charge is 0.573 e. The zero-order valence-electron chi connectivity index (χ0n) is 8.14. The van der Waals surface area contributed by atoms with Crippen molar-refractivity contribution < 1.29 is 31.2 Å². The van der Waals surface area contributed by atoms with E-state index in [1.165, 1.54) is 0 Å². The van der Waals surface area contributed by atoms with Crippen LogP contribution in [0, 0.1) is 10.1 Å². The van der Waals surface area contributed by atoms with Crippen molar-refractivity contribution >= 4 is 25.4 Å². The van der Waals surface area contributed by atoms with Crippen LogP contribution in [0.25, 0.3) is 0 Å². The lowest BCUT2D eigenvalue weighted by atomic mass is 10.3. The number of alkyl halides is 3. The summed E-state index contributed by atoms with van der Waals surface area (Å²) < 4.78 is 61.1. The van der Waals surface area contributed by atoms with Crippen LogP contribution in [0.3, 0.4) is 0 Å². The summed E-state index contributed by atoms with van der Waals surface area (Å²) >= 11 is 0. The van der Waals surface area contributed by atoms with Crippen LogP contribution in [0.4, 0.5) is 18.9 Å². The van der Waals surface area contributed by atoms with Gasteiger partial charge in [-0.3, -0.25) is 10.1 Å². The maximum Gasteiger partial charge on any atom is 0.573 e. The number of hydrogen-bond donors (Lipinski definition) is 0. The predicted octanol–water partition coefficient (Wildman–Crippen LogP) is 2.42. The normalized spacial score (nSPS) is 12.2. The molecule has 1 aromatic carbocycles. The highest BCUT2D eigenvalue weighted by Crippen LogP contribution is 2.34. The van der Waals surface area contributed by atoms with Crippen LogP contribution in [0.5, 0.6) is 5.75 Å². The smallest absolute Gasteiger partial charge is 0.398 e. The van der Waals surface area contributed by atoms with Gasteiger partial charge in [0.15, 0.2) is 0 Å². The van der Waals surface area contributed by atoms with Crippen molar-refractivity contribution in [2.24, 2.45) is 0 Å². The number of rotatable bonds is 3. The molecule has 0 unspecified atom stereocenters. The molecule has 0 aliphatic heterocycles. The second-order valence-corrected chi connectivity index (χ2v) is 5.44. The predicted molar refractivity (Wildman–Crippen MR) is 52.8 cm³/mol. The second-order valence-electron chi connectivity index (χ2n) is 2.87. The third-order valence-electron chi connectivity index (χ3n) is 1.64. The van der Waals surface area contributed by atoms with Gasteiger partial charge in [0, 0.05) is 22.8 Å². The summed E-state index contributed by atoms with van der Waals surface area (Å²) in [6.07, 6.45) is -5.19. The maximum absolute atomic E-state index is 12.0. The molecule has 0 bridgehead atoms. The van der Waals surface area contributed by atoms with Crippen LogP contribution >= 0.6 is 10.7 Å². The van der Waals surface area contributed by atoms with Gasteiger partial charge in [-0.25, -0.2) is 8.42 Å². The molecule has 0 saturated carbocycles. The van der Waals surface area contributed by atoms with Gasteiger partial charge in [0.25, 0.3) is 9.05 Å². The Balaban J connectivity index is 3.38. The first-order valence-corrected chi connectivity index (χ1v) is 6.30. The lowest BCUT2D eigenvalue weighted by molar-refractivity contribution is -0.388. The van der Waals surface area contributed by atoms with E-state index >= 15 is 0 Å². The van der Waals surface area contributed by atoms with E-state index in [2.05, 4.69) is 4.74 Å². The fourth-order valence-corrected chi connectivity index (χ4v) is 1.77. The average Bonchev–Trinajstić information content (AvgIpc) is 2.12. The topological polar surface area (TPSA) is 86.5 Å².